The van der Waals surface area contributed by atoms with Gasteiger partial charge < -0.3 is 9.80 Å². The van der Waals surface area contributed by atoms with E-state index in [1.807, 2.05) is 0 Å². The Labute approximate surface area is 422 Å². The lowest BCUT2D eigenvalue weighted by Gasteiger charge is -2.29. The number of fused-ring (bicyclic) bond motifs is 5. The van der Waals surface area contributed by atoms with E-state index in [0.29, 0.717) is 0 Å². The van der Waals surface area contributed by atoms with Crippen molar-refractivity contribution in [1.29, 1.82) is 0 Å². The zero-order chi connectivity index (χ0) is 47.5. The van der Waals surface area contributed by atoms with E-state index >= 15 is 0 Å². The second-order valence-electron chi connectivity index (χ2n) is 18.6. The molecular weight excluding hydrogens is 901 g/mol. The van der Waals surface area contributed by atoms with Gasteiger partial charge in [0.25, 0.3) is 0 Å². The minimum Gasteiger partial charge on any atom is -0.310 e. The number of thiazole rings is 2. The van der Waals surface area contributed by atoms with Gasteiger partial charge in [0.1, 0.15) is 10.0 Å². The van der Waals surface area contributed by atoms with Gasteiger partial charge in [-0.2, -0.15) is 0 Å². The average Bonchev–Trinajstić information content (AvgIpc) is 4.13. The zero-order valence-electron chi connectivity index (χ0n) is 39.2. The van der Waals surface area contributed by atoms with Gasteiger partial charge in [-0.05, 0) is 166 Å². The third-order valence-corrected chi connectivity index (χ3v) is 16.1. The summed E-state index contributed by atoms with van der Waals surface area (Å²) < 4.78 is 2.39. The molecule has 0 atom stereocenters. The van der Waals surface area contributed by atoms with Crippen LogP contribution in [0.5, 0.6) is 0 Å². The van der Waals surface area contributed by atoms with Crippen LogP contribution in [0.15, 0.2) is 243 Å². The van der Waals surface area contributed by atoms with E-state index in [-0.39, 0.29) is 5.41 Å². The van der Waals surface area contributed by atoms with E-state index in [4.69, 9.17) is 9.97 Å². The molecule has 0 saturated carbocycles. The number of hydrogen-bond acceptors (Lipinski definition) is 6. The third-order valence-electron chi connectivity index (χ3n) is 14.0. The fourth-order valence-electron chi connectivity index (χ4n) is 10.3. The number of benzene rings is 10. The van der Waals surface area contributed by atoms with Crippen molar-refractivity contribution >= 4 is 77.2 Å². The van der Waals surface area contributed by atoms with Crippen molar-refractivity contribution < 1.29 is 0 Å². The zero-order valence-corrected chi connectivity index (χ0v) is 40.8. The first kappa shape index (κ1) is 42.7. The fraction of sp³-hybridized carbons (Fsp3) is 0.0462. The van der Waals surface area contributed by atoms with Crippen molar-refractivity contribution in [3.8, 4) is 54.5 Å². The smallest absolute Gasteiger partial charge is 0.124 e. The van der Waals surface area contributed by atoms with Crippen LogP contribution in [0.25, 0.3) is 75.0 Å². The minimum atomic E-state index is -0.296. The topological polar surface area (TPSA) is 32.3 Å². The lowest BCUT2D eigenvalue weighted by atomic mass is 9.82. The van der Waals surface area contributed by atoms with Crippen molar-refractivity contribution in [1.82, 2.24) is 9.97 Å². The first-order valence-electron chi connectivity index (χ1n) is 24.0. The van der Waals surface area contributed by atoms with Gasteiger partial charge in [0.15, 0.2) is 0 Å². The van der Waals surface area contributed by atoms with Crippen molar-refractivity contribution in [2.24, 2.45) is 0 Å². The standard InChI is InChI=1S/C65H46N4S2/c1-65(2)57-41-53(68(49-29-21-45(22-30-49)43-13-5-3-6-14-43)51-33-25-47(26-34-51)63-66-59-17-9-11-19-61(59)70-63)37-39-55(57)56-40-38-54(42-58(56)65)69(50-31-23-46(24-32-50)44-15-7-4-8-16-44)52-35-27-48(28-36-52)64-67-60-18-10-12-20-62(60)71-64/h3-42H,1-2H3. The lowest BCUT2D eigenvalue weighted by molar-refractivity contribution is 0.660. The van der Waals surface area contributed by atoms with E-state index in [1.165, 1.54) is 53.9 Å². The Balaban J connectivity index is 0.878. The highest BCUT2D eigenvalue weighted by atomic mass is 32.1. The molecule has 0 unspecified atom stereocenters. The molecule has 0 aliphatic heterocycles. The van der Waals surface area contributed by atoms with Crippen LogP contribution in [-0.4, -0.2) is 9.97 Å². The van der Waals surface area contributed by atoms with Gasteiger partial charge in [0.2, 0.25) is 0 Å². The highest BCUT2D eigenvalue weighted by Crippen LogP contribution is 2.53. The summed E-state index contributed by atoms with van der Waals surface area (Å²) in [7, 11) is 0. The maximum Gasteiger partial charge on any atom is 0.124 e. The van der Waals surface area contributed by atoms with E-state index in [2.05, 4.69) is 266 Å². The van der Waals surface area contributed by atoms with Crippen molar-refractivity contribution in [3.63, 3.8) is 0 Å². The van der Waals surface area contributed by atoms with Gasteiger partial charge in [-0.15, -0.1) is 22.7 Å². The van der Waals surface area contributed by atoms with Gasteiger partial charge >= 0.3 is 0 Å². The first-order valence-corrected chi connectivity index (χ1v) is 25.7. The van der Waals surface area contributed by atoms with Gasteiger partial charge in [-0.25, -0.2) is 9.97 Å². The number of anilines is 6. The first-order chi connectivity index (χ1) is 34.9. The van der Waals surface area contributed by atoms with E-state index in [9.17, 15) is 0 Å². The van der Waals surface area contributed by atoms with Gasteiger partial charge in [0.05, 0.1) is 20.4 Å². The molecule has 13 rings (SSSR count). The van der Waals surface area contributed by atoms with E-state index in [0.717, 1.165) is 66.3 Å². The molecule has 2 heterocycles. The lowest BCUT2D eigenvalue weighted by Crippen LogP contribution is -2.17. The van der Waals surface area contributed by atoms with Crippen LogP contribution < -0.4 is 9.80 Å². The molecule has 0 fully saturated rings. The van der Waals surface area contributed by atoms with Crippen LogP contribution in [0, 0.1) is 0 Å². The molecular formula is C65H46N4S2. The van der Waals surface area contributed by atoms with Crippen LogP contribution in [0.3, 0.4) is 0 Å². The summed E-state index contributed by atoms with van der Waals surface area (Å²) in [4.78, 5) is 14.7. The summed E-state index contributed by atoms with van der Waals surface area (Å²) in [5.74, 6) is 0. The van der Waals surface area contributed by atoms with E-state index < -0.39 is 0 Å². The molecule has 12 aromatic rings. The van der Waals surface area contributed by atoms with Crippen LogP contribution in [0.1, 0.15) is 25.0 Å². The van der Waals surface area contributed by atoms with Crippen LogP contribution >= 0.6 is 22.7 Å². The Bertz CT molecular complexity index is 3560. The Morgan fingerprint density at radius 3 is 0.986 bits per heavy atom. The second-order valence-corrected chi connectivity index (χ2v) is 20.7. The molecule has 0 N–H and O–H groups in total. The molecule has 1 aliphatic rings. The maximum atomic E-state index is 4.97. The molecule has 1 aliphatic carbocycles. The van der Waals surface area contributed by atoms with Crippen LogP contribution in [0.4, 0.5) is 34.1 Å². The number of para-hydroxylation sites is 2. The molecule has 338 valence electrons. The molecule has 0 spiro atoms. The van der Waals surface area contributed by atoms with Gasteiger partial charge in [0, 0.05) is 50.7 Å². The predicted molar refractivity (Wildman–Crippen MR) is 301 cm³/mol. The van der Waals surface area contributed by atoms with Crippen molar-refractivity contribution in [3.05, 3.63) is 254 Å². The summed E-state index contributed by atoms with van der Waals surface area (Å²) in [6, 6.07) is 87.7. The van der Waals surface area contributed by atoms with Gasteiger partial charge in [-0.3, -0.25) is 0 Å². The molecule has 10 aromatic carbocycles. The highest BCUT2D eigenvalue weighted by Gasteiger charge is 2.37. The molecule has 0 amide bonds. The Hall–Kier alpha value is -8.42. The fourth-order valence-corrected chi connectivity index (χ4v) is 12.2. The monoisotopic (exact) mass is 946 g/mol. The SMILES string of the molecule is CC1(C)c2cc(N(c3ccc(-c4ccccc4)cc3)c3ccc(-c4nc5ccccc5s4)cc3)ccc2-c2ccc(N(c3ccc(-c4ccccc4)cc3)c3ccc(-c4nc5ccccc5s4)cc3)cc21. The minimum absolute atomic E-state index is 0.296. The maximum absolute atomic E-state index is 4.97. The number of rotatable bonds is 10. The normalized spacial score (nSPS) is 12.5. The van der Waals surface area contributed by atoms with Crippen molar-refractivity contribution in [2.75, 3.05) is 9.80 Å². The summed E-state index contributed by atoms with van der Waals surface area (Å²) in [5.41, 5.74) is 20.5. The molecule has 4 nitrogen and oxygen atoms in total. The Kier molecular flexibility index (Phi) is 10.5. The number of aromatic nitrogens is 2. The van der Waals surface area contributed by atoms with E-state index in [1.54, 1.807) is 22.7 Å². The number of hydrogen-bond donors (Lipinski definition) is 0. The third kappa shape index (κ3) is 7.78. The summed E-state index contributed by atoms with van der Waals surface area (Å²) in [6.45, 7) is 4.76. The van der Waals surface area contributed by atoms with Crippen LogP contribution in [-0.2, 0) is 5.41 Å². The summed E-state index contributed by atoms with van der Waals surface area (Å²) >= 11 is 3.47. The largest absolute Gasteiger partial charge is 0.310 e. The molecule has 0 saturated heterocycles. The molecule has 0 bridgehead atoms. The summed E-state index contributed by atoms with van der Waals surface area (Å²) in [6.07, 6.45) is 0. The molecule has 71 heavy (non-hydrogen) atoms. The Morgan fingerprint density at radius 1 is 0.310 bits per heavy atom. The highest BCUT2D eigenvalue weighted by molar-refractivity contribution is 7.22. The molecule has 2 aromatic heterocycles. The van der Waals surface area contributed by atoms with Crippen LogP contribution in [0.2, 0.25) is 0 Å². The average molecular weight is 947 g/mol. The molecule has 0 radical (unpaired) electrons. The second kappa shape index (κ2) is 17.5. The quantitative estimate of drug-likeness (QED) is 0.137. The number of nitrogens with zero attached hydrogens (tertiary/aromatic N) is 4. The predicted octanol–water partition coefficient (Wildman–Crippen LogP) is 18.8. The Morgan fingerprint density at radius 2 is 0.620 bits per heavy atom. The van der Waals surface area contributed by atoms with Gasteiger partial charge in [-0.1, -0.05) is 135 Å². The molecule has 6 heteroatoms. The summed E-state index contributed by atoms with van der Waals surface area (Å²) in [5, 5.41) is 2.05. The van der Waals surface area contributed by atoms with Crippen molar-refractivity contribution in [2.45, 2.75) is 19.3 Å².